The second-order valence-corrected chi connectivity index (χ2v) is 8.80. The maximum Gasteiger partial charge on any atom is 0.338 e. The average molecular weight is 584 g/mol. The van der Waals surface area contributed by atoms with Crippen molar-refractivity contribution in [3.05, 3.63) is 97.9 Å². The van der Waals surface area contributed by atoms with Crippen LogP contribution in [0.4, 0.5) is 5.69 Å². The van der Waals surface area contributed by atoms with Gasteiger partial charge in [0.25, 0.3) is 5.91 Å². The largest absolute Gasteiger partial charge is 0.488 e. The van der Waals surface area contributed by atoms with Crippen LogP contribution in [0.5, 0.6) is 5.75 Å². The minimum absolute atomic E-state index is 0.0649. The van der Waals surface area contributed by atoms with Crippen molar-refractivity contribution in [1.82, 2.24) is 0 Å². The molecule has 0 aromatic heterocycles. The third-order valence-corrected chi connectivity index (χ3v) is 5.74. The van der Waals surface area contributed by atoms with E-state index in [1.165, 1.54) is 6.08 Å². The van der Waals surface area contributed by atoms with Crippen molar-refractivity contribution in [2.45, 2.75) is 13.5 Å². The fourth-order valence-electron chi connectivity index (χ4n) is 2.88. The van der Waals surface area contributed by atoms with Gasteiger partial charge in [0.15, 0.2) is 0 Å². The van der Waals surface area contributed by atoms with Gasteiger partial charge in [-0.1, -0.05) is 34.1 Å². The molecular formula is C26H20Br2N2O4. The molecule has 0 unspecified atom stereocenters. The summed E-state index contributed by atoms with van der Waals surface area (Å²) in [6, 6.07) is 21.3. The fourth-order valence-corrected chi connectivity index (χ4v) is 3.66. The van der Waals surface area contributed by atoms with Gasteiger partial charge in [0.1, 0.15) is 24.0 Å². The molecule has 0 bridgehead atoms. The smallest absolute Gasteiger partial charge is 0.338 e. The minimum atomic E-state index is -0.557. The van der Waals surface area contributed by atoms with Gasteiger partial charge in [0.05, 0.1) is 16.6 Å². The number of esters is 1. The number of amides is 1. The Labute approximate surface area is 214 Å². The van der Waals surface area contributed by atoms with Crippen molar-refractivity contribution in [2.24, 2.45) is 0 Å². The minimum Gasteiger partial charge on any atom is -0.488 e. The summed E-state index contributed by atoms with van der Waals surface area (Å²) in [4.78, 5) is 24.3. The van der Waals surface area contributed by atoms with Gasteiger partial charge in [-0.15, -0.1) is 0 Å². The quantitative estimate of drug-likeness (QED) is 0.185. The van der Waals surface area contributed by atoms with E-state index in [4.69, 9.17) is 9.47 Å². The van der Waals surface area contributed by atoms with Crippen LogP contribution in [0, 0.1) is 11.3 Å². The first-order valence-electron chi connectivity index (χ1n) is 10.3. The molecule has 0 atom stereocenters. The predicted molar refractivity (Wildman–Crippen MR) is 137 cm³/mol. The summed E-state index contributed by atoms with van der Waals surface area (Å²) in [7, 11) is 0. The zero-order valence-corrected chi connectivity index (χ0v) is 21.4. The normalized spacial score (nSPS) is 10.8. The van der Waals surface area contributed by atoms with Crippen molar-refractivity contribution in [1.29, 1.82) is 5.26 Å². The molecule has 0 aliphatic rings. The molecule has 0 spiro atoms. The highest BCUT2D eigenvalue weighted by molar-refractivity contribution is 9.10. The van der Waals surface area contributed by atoms with Crippen LogP contribution in [-0.4, -0.2) is 18.5 Å². The summed E-state index contributed by atoms with van der Waals surface area (Å²) >= 11 is 6.89. The molecule has 3 aromatic rings. The van der Waals surface area contributed by atoms with Crippen LogP contribution in [0.2, 0.25) is 0 Å². The maximum atomic E-state index is 12.6. The first kappa shape index (κ1) is 25.2. The molecule has 3 rings (SSSR count). The lowest BCUT2D eigenvalue weighted by atomic mass is 10.1. The number of anilines is 1. The Morgan fingerprint density at radius 2 is 1.74 bits per heavy atom. The molecule has 0 heterocycles. The molecule has 0 aliphatic carbocycles. The molecule has 0 saturated heterocycles. The summed E-state index contributed by atoms with van der Waals surface area (Å²) in [6.45, 7) is 2.41. The van der Waals surface area contributed by atoms with E-state index in [9.17, 15) is 14.9 Å². The van der Waals surface area contributed by atoms with Gasteiger partial charge >= 0.3 is 5.97 Å². The molecule has 0 saturated carbocycles. The van der Waals surface area contributed by atoms with E-state index in [1.807, 2.05) is 30.3 Å². The maximum absolute atomic E-state index is 12.6. The monoisotopic (exact) mass is 582 g/mol. The summed E-state index contributed by atoms with van der Waals surface area (Å²) in [5, 5.41) is 12.1. The zero-order chi connectivity index (χ0) is 24.5. The van der Waals surface area contributed by atoms with Gasteiger partial charge in [-0.25, -0.2) is 4.79 Å². The number of benzene rings is 3. The van der Waals surface area contributed by atoms with E-state index in [2.05, 4.69) is 37.2 Å². The van der Waals surface area contributed by atoms with Gasteiger partial charge < -0.3 is 14.8 Å². The Bertz CT molecular complexity index is 1250. The van der Waals surface area contributed by atoms with Crippen molar-refractivity contribution >= 4 is 55.5 Å². The molecule has 1 N–H and O–H groups in total. The van der Waals surface area contributed by atoms with Crippen LogP contribution < -0.4 is 10.1 Å². The second kappa shape index (κ2) is 12.2. The standard InChI is InChI=1S/C26H20Br2N2O4/c1-2-33-26(32)19-6-10-22(11-7-19)30-25(31)20(15-29)13-18-5-12-24(23(28)14-18)34-16-17-3-8-21(27)9-4-17/h3-14H,2,16H2,1H3,(H,30,31)/b20-13+. The number of ether oxygens (including phenoxy) is 2. The number of nitrogens with one attached hydrogen (secondary N) is 1. The van der Waals surface area contributed by atoms with Crippen molar-refractivity contribution in [3.63, 3.8) is 0 Å². The lowest BCUT2D eigenvalue weighted by Crippen LogP contribution is -2.13. The molecule has 1 amide bonds. The number of hydrogen-bond donors (Lipinski definition) is 1. The third kappa shape index (κ3) is 7.04. The van der Waals surface area contributed by atoms with Gasteiger partial charge in [-0.2, -0.15) is 5.26 Å². The summed E-state index contributed by atoms with van der Waals surface area (Å²) in [6.07, 6.45) is 1.49. The van der Waals surface area contributed by atoms with Gasteiger partial charge in [-0.3, -0.25) is 4.79 Å². The Balaban J connectivity index is 1.66. The lowest BCUT2D eigenvalue weighted by Gasteiger charge is -2.09. The number of rotatable bonds is 8. The Hall–Kier alpha value is -3.41. The lowest BCUT2D eigenvalue weighted by molar-refractivity contribution is -0.112. The van der Waals surface area contributed by atoms with E-state index in [0.29, 0.717) is 33.6 Å². The molecule has 0 aliphatic heterocycles. The summed E-state index contributed by atoms with van der Waals surface area (Å²) < 4.78 is 12.5. The SMILES string of the molecule is CCOC(=O)c1ccc(NC(=O)/C(C#N)=C/c2ccc(OCc3ccc(Br)cc3)c(Br)c2)cc1. The predicted octanol–water partition coefficient (Wildman–Crippen LogP) is 6.51. The topological polar surface area (TPSA) is 88.4 Å². The van der Waals surface area contributed by atoms with Crippen molar-refractivity contribution in [3.8, 4) is 11.8 Å². The van der Waals surface area contributed by atoms with E-state index in [0.717, 1.165) is 10.0 Å². The number of carbonyl (C=O) groups excluding carboxylic acids is 2. The number of nitriles is 1. The average Bonchev–Trinajstić information content (AvgIpc) is 2.83. The van der Waals surface area contributed by atoms with E-state index in [-0.39, 0.29) is 12.2 Å². The van der Waals surface area contributed by atoms with Crippen LogP contribution in [0.3, 0.4) is 0 Å². The Kier molecular flexibility index (Phi) is 9.02. The highest BCUT2D eigenvalue weighted by Crippen LogP contribution is 2.28. The van der Waals surface area contributed by atoms with Gasteiger partial charge in [0, 0.05) is 10.2 Å². The molecule has 6 nitrogen and oxygen atoms in total. The molecular weight excluding hydrogens is 564 g/mol. The molecule has 0 fully saturated rings. The molecule has 0 radical (unpaired) electrons. The van der Waals surface area contributed by atoms with Crippen LogP contribution in [0.15, 0.2) is 81.2 Å². The molecule has 3 aromatic carbocycles. The Morgan fingerprint density at radius 3 is 2.35 bits per heavy atom. The zero-order valence-electron chi connectivity index (χ0n) is 18.2. The molecule has 34 heavy (non-hydrogen) atoms. The van der Waals surface area contributed by atoms with Gasteiger partial charge in [0.2, 0.25) is 0 Å². The second-order valence-electron chi connectivity index (χ2n) is 7.03. The van der Waals surface area contributed by atoms with Crippen LogP contribution in [0.1, 0.15) is 28.4 Å². The Morgan fingerprint density at radius 1 is 1.03 bits per heavy atom. The number of nitrogens with zero attached hydrogens (tertiary/aromatic N) is 1. The number of carbonyl (C=O) groups is 2. The van der Waals surface area contributed by atoms with Crippen LogP contribution >= 0.6 is 31.9 Å². The van der Waals surface area contributed by atoms with E-state index < -0.39 is 11.9 Å². The summed E-state index contributed by atoms with van der Waals surface area (Å²) in [5.74, 6) is -0.351. The highest BCUT2D eigenvalue weighted by atomic mass is 79.9. The molecule has 172 valence electrons. The number of hydrogen-bond acceptors (Lipinski definition) is 5. The van der Waals surface area contributed by atoms with E-state index in [1.54, 1.807) is 49.4 Å². The first-order chi connectivity index (χ1) is 16.4. The summed E-state index contributed by atoms with van der Waals surface area (Å²) in [5.41, 5.74) is 2.45. The highest BCUT2D eigenvalue weighted by Gasteiger charge is 2.12. The van der Waals surface area contributed by atoms with Gasteiger partial charge in [-0.05, 0) is 88.6 Å². The molecule has 8 heteroatoms. The fraction of sp³-hybridized carbons (Fsp3) is 0.115. The van der Waals surface area contributed by atoms with Crippen LogP contribution in [0.25, 0.3) is 6.08 Å². The van der Waals surface area contributed by atoms with Crippen LogP contribution in [-0.2, 0) is 16.1 Å². The van der Waals surface area contributed by atoms with Crippen molar-refractivity contribution in [2.75, 3.05) is 11.9 Å². The first-order valence-corrected chi connectivity index (χ1v) is 11.9. The van der Waals surface area contributed by atoms with Crippen molar-refractivity contribution < 1.29 is 19.1 Å². The number of halogens is 2. The third-order valence-electron chi connectivity index (χ3n) is 4.59. The van der Waals surface area contributed by atoms with E-state index >= 15 is 0 Å².